The van der Waals surface area contributed by atoms with Gasteiger partial charge in [-0.1, -0.05) is 31.2 Å². The Morgan fingerprint density at radius 2 is 2.22 bits per heavy atom. The summed E-state index contributed by atoms with van der Waals surface area (Å²) >= 11 is 0. The van der Waals surface area contributed by atoms with Gasteiger partial charge >= 0.3 is 0 Å². The van der Waals surface area contributed by atoms with Gasteiger partial charge in [0.2, 0.25) is 0 Å². The van der Waals surface area contributed by atoms with Crippen LogP contribution in [0.15, 0.2) is 24.3 Å². The van der Waals surface area contributed by atoms with Crippen molar-refractivity contribution >= 4 is 0 Å². The number of nitrogens with one attached hydrogen (secondary N) is 1. The van der Waals surface area contributed by atoms with E-state index in [9.17, 15) is 0 Å². The molecule has 0 amide bonds. The molecule has 0 saturated carbocycles. The monoisotopic (exact) mass is 248 g/mol. The molecule has 0 spiro atoms. The molecule has 1 aliphatic rings. The maximum Gasteiger partial charge on any atom is 0.0622 e. The first-order valence-electron chi connectivity index (χ1n) is 6.86. The number of nitrogens with zero attached hydrogens (tertiary/aromatic N) is 1. The van der Waals surface area contributed by atoms with Crippen LogP contribution in [0.4, 0.5) is 0 Å². The maximum absolute atomic E-state index is 5.44. The van der Waals surface area contributed by atoms with Crippen LogP contribution < -0.4 is 5.32 Å². The molecule has 1 saturated heterocycles. The minimum Gasteiger partial charge on any atom is -0.380 e. The van der Waals surface area contributed by atoms with E-state index >= 15 is 0 Å². The highest BCUT2D eigenvalue weighted by atomic mass is 16.5. The molecule has 1 aromatic rings. The number of ether oxygens (including phenoxy) is 1. The molecule has 1 heterocycles. The van der Waals surface area contributed by atoms with Gasteiger partial charge < -0.3 is 10.1 Å². The first kappa shape index (κ1) is 13.5. The topological polar surface area (TPSA) is 24.5 Å². The standard InChI is InChI=1S/C15H24N2O/c1-3-16-10-13-5-4-6-14(9-13)11-17(2)15-7-8-18-12-15/h4-6,9,15-16H,3,7-8,10-12H2,1-2H3. The van der Waals surface area contributed by atoms with Gasteiger partial charge in [0.1, 0.15) is 0 Å². The normalized spacial score (nSPS) is 19.6. The van der Waals surface area contributed by atoms with Gasteiger partial charge in [0.25, 0.3) is 0 Å². The second-order valence-electron chi connectivity index (χ2n) is 5.03. The molecule has 1 N–H and O–H groups in total. The lowest BCUT2D eigenvalue weighted by atomic mass is 10.1. The van der Waals surface area contributed by atoms with Gasteiger partial charge in [0, 0.05) is 25.7 Å². The fourth-order valence-electron chi connectivity index (χ4n) is 2.39. The fourth-order valence-corrected chi connectivity index (χ4v) is 2.39. The maximum atomic E-state index is 5.44. The highest BCUT2D eigenvalue weighted by molar-refractivity contribution is 5.23. The lowest BCUT2D eigenvalue weighted by molar-refractivity contribution is 0.156. The van der Waals surface area contributed by atoms with Gasteiger partial charge in [-0.2, -0.15) is 0 Å². The van der Waals surface area contributed by atoms with Crippen LogP contribution in [0.1, 0.15) is 24.5 Å². The minimum absolute atomic E-state index is 0.586. The first-order valence-corrected chi connectivity index (χ1v) is 6.86. The number of likely N-dealkylation sites (N-methyl/N-ethyl adjacent to an activating group) is 1. The lowest BCUT2D eigenvalue weighted by Gasteiger charge is -2.23. The van der Waals surface area contributed by atoms with E-state index in [1.54, 1.807) is 0 Å². The summed E-state index contributed by atoms with van der Waals surface area (Å²) in [6, 6.07) is 9.44. The molecule has 1 fully saturated rings. The van der Waals surface area contributed by atoms with Crippen molar-refractivity contribution in [1.82, 2.24) is 10.2 Å². The average Bonchev–Trinajstić information content (AvgIpc) is 2.91. The van der Waals surface area contributed by atoms with Crippen LogP contribution in [0.5, 0.6) is 0 Å². The van der Waals surface area contributed by atoms with Crippen molar-refractivity contribution in [1.29, 1.82) is 0 Å². The van der Waals surface area contributed by atoms with Gasteiger partial charge in [0.05, 0.1) is 6.61 Å². The van der Waals surface area contributed by atoms with Gasteiger partial charge in [-0.05, 0) is 31.1 Å². The van der Waals surface area contributed by atoms with Crippen molar-refractivity contribution in [2.24, 2.45) is 0 Å². The van der Waals surface area contributed by atoms with Crippen LogP contribution >= 0.6 is 0 Å². The van der Waals surface area contributed by atoms with E-state index in [4.69, 9.17) is 4.74 Å². The number of benzene rings is 1. The Bertz CT molecular complexity index is 361. The molecule has 18 heavy (non-hydrogen) atoms. The number of rotatable bonds is 6. The van der Waals surface area contributed by atoms with E-state index in [2.05, 4.69) is 48.5 Å². The molecular formula is C15H24N2O. The highest BCUT2D eigenvalue weighted by Crippen LogP contribution is 2.14. The van der Waals surface area contributed by atoms with Gasteiger partial charge in [0.15, 0.2) is 0 Å². The van der Waals surface area contributed by atoms with Crippen LogP contribution in [0.2, 0.25) is 0 Å². The third-order valence-corrected chi connectivity index (χ3v) is 3.53. The SMILES string of the molecule is CCNCc1cccc(CN(C)C2CCOC2)c1. The van der Waals surface area contributed by atoms with Gasteiger partial charge in [-0.3, -0.25) is 4.90 Å². The van der Waals surface area contributed by atoms with Crippen LogP contribution in [0, 0.1) is 0 Å². The van der Waals surface area contributed by atoms with Gasteiger partial charge in [-0.25, -0.2) is 0 Å². The zero-order valence-electron chi connectivity index (χ0n) is 11.5. The zero-order valence-corrected chi connectivity index (χ0v) is 11.5. The molecule has 1 aromatic carbocycles. The number of hydrogen-bond donors (Lipinski definition) is 1. The zero-order chi connectivity index (χ0) is 12.8. The second kappa shape index (κ2) is 6.88. The molecule has 100 valence electrons. The van der Waals surface area contributed by atoms with Crippen LogP contribution in [0.3, 0.4) is 0 Å². The van der Waals surface area contributed by atoms with Crippen molar-refractivity contribution in [2.45, 2.75) is 32.5 Å². The molecular weight excluding hydrogens is 224 g/mol. The van der Waals surface area contributed by atoms with Gasteiger partial charge in [-0.15, -0.1) is 0 Å². The Morgan fingerprint density at radius 3 is 2.94 bits per heavy atom. The predicted octanol–water partition coefficient (Wildman–Crippen LogP) is 2.02. The van der Waals surface area contributed by atoms with Crippen LogP contribution in [-0.4, -0.2) is 37.7 Å². The Labute approximate surface area is 110 Å². The molecule has 1 aliphatic heterocycles. The van der Waals surface area contributed by atoms with E-state index in [0.29, 0.717) is 6.04 Å². The molecule has 0 radical (unpaired) electrons. The summed E-state index contributed by atoms with van der Waals surface area (Å²) in [6.45, 7) is 6.92. The molecule has 2 rings (SSSR count). The van der Waals surface area contributed by atoms with Crippen molar-refractivity contribution in [3.8, 4) is 0 Å². The summed E-state index contributed by atoms with van der Waals surface area (Å²) in [5.74, 6) is 0. The van der Waals surface area contributed by atoms with Crippen molar-refractivity contribution in [3.63, 3.8) is 0 Å². The lowest BCUT2D eigenvalue weighted by Crippen LogP contribution is -2.31. The quantitative estimate of drug-likeness (QED) is 0.833. The fraction of sp³-hybridized carbons (Fsp3) is 0.600. The summed E-state index contributed by atoms with van der Waals surface area (Å²) < 4.78 is 5.44. The average molecular weight is 248 g/mol. The Balaban J connectivity index is 1.91. The number of hydrogen-bond acceptors (Lipinski definition) is 3. The molecule has 1 atom stereocenters. The third-order valence-electron chi connectivity index (χ3n) is 3.53. The molecule has 1 unspecified atom stereocenters. The first-order chi connectivity index (χ1) is 8.79. The molecule has 0 aliphatic carbocycles. The summed E-state index contributed by atoms with van der Waals surface area (Å²) in [7, 11) is 2.19. The smallest absolute Gasteiger partial charge is 0.0622 e. The minimum atomic E-state index is 0.586. The largest absolute Gasteiger partial charge is 0.380 e. The van der Waals surface area contributed by atoms with E-state index < -0.39 is 0 Å². The van der Waals surface area contributed by atoms with E-state index in [1.807, 2.05) is 0 Å². The molecule has 0 bridgehead atoms. The van der Waals surface area contributed by atoms with Crippen molar-refractivity contribution in [3.05, 3.63) is 35.4 Å². The second-order valence-corrected chi connectivity index (χ2v) is 5.03. The van der Waals surface area contributed by atoms with Crippen LogP contribution in [0.25, 0.3) is 0 Å². The summed E-state index contributed by atoms with van der Waals surface area (Å²) in [4.78, 5) is 2.40. The van der Waals surface area contributed by atoms with Crippen molar-refractivity contribution < 1.29 is 4.74 Å². The Hall–Kier alpha value is -0.900. The summed E-state index contributed by atoms with van der Waals surface area (Å²) in [6.07, 6.45) is 1.16. The molecule has 0 aromatic heterocycles. The van der Waals surface area contributed by atoms with E-state index in [-0.39, 0.29) is 0 Å². The Morgan fingerprint density at radius 1 is 1.39 bits per heavy atom. The summed E-state index contributed by atoms with van der Waals surface area (Å²) in [5, 5.41) is 3.37. The third kappa shape index (κ3) is 3.80. The van der Waals surface area contributed by atoms with E-state index in [1.165, 1.54) is 11.1 Å². The Kier molecular flexibility index (Phi) is 5.17. The van der Waals surface area contributed by atoms with Crippen LogP contribution in [-0.2, 0) is 17.8 Å². The summed E-state index contributed by atoms with van der Waals surface area (Å²) in [5.41, 5.74) is 2.75. The predicted molar refractivity (Wildman–Crippen MR) is 74.5 cm³/mol. The highest BCUT2D eigenvalue weighted by Gasteiger charge is 2.19. The molecule has 3 heteroatoms. The van der Waals surface area contributed by atoms with Crippen molar-refractivity contribution in [2.75, 3.05) is 26.8 Å². The molecule has 3 nitrogen and oxygen atoms in total. The van der Waals surface area contributed by atoms with E-state index in [0.717, 1.165) is 39.3 Å².